The fourth-order valence-electron chi connectivity index (χ4n) is 4.39. The van der Waals surface area contributed by atoms with E-state index in [2.05, 4.69) is 29.8 Å². The number of carbonyl (C=O) groups is 2. The summed E-state index contributed by atoms with van der Waals surface area (Å²) >= 11 is 0. The molecule has 0 radical (unpaired) electrons. The van der Waals surface area contributed by atoms with Gasteiger partial charge in [-0.25, -0.2) is 0 Å². The molecular weight excluding hydrogens is 414 g/mol. The molecule has 2 aromatic carbocycles. The molecule has 2 aromatic rings. The normalized spacial score (nSPS) is 18.9. The zero-order valence-electron chi connectivity index (χ0n) is 20.2. The molecule has 3 N–H and O–H groups in total. The largest absolute Gasteiger partial charge is 0.497 e. The van der Waals surface area contributed by atoms with E-state index in [1.807, 2.05) is 49.4 Å². The highest BCUT2D eigenvalue weighted by Crippen LogP contribution is 2.24. The lowest BCUT2D eigenvalue weighted by atomic mass is 9.89. The summed E-state index contributed by atoms with van der Waals surface area (Å²) < 4.78 is 5.24. The molecule has 0 unspecified atom stereocenters. The van der Waals surface area contributed by atoms with Crippen molar-refractivity contribution in [3.05, 3.63) is 59.7 Å². The molecule has 0 saturated heterocycles. The van der Waals surface area contributed by atoms with Gasteiger partial charge >= 0.3 is 0 Å². The second-order valence-electron chi connectivity index (χ2n) is 9.40. The van der Waals surface area contributed by atoms with Crippen molar-refractivity contribution >= 4 is 17.5 Å². The first kappa shape index (κ1) is 24.6. The van der Waals surface area contributed by atoms with Crippen molar-refractivity contribution in [3.8, 4) is 5.75 Å². The van der Waals surface area contributed by atoms with Gasteiger partial charge in [-0.15, -0.1) is 0 Å². The van der Waals surface area contributed by atoms with Crippen molar-refractivity contribution in [2.45, 2.75) is 71.0 Å². The van der Waals surface area contributed by atoms with Crippen LogP contribution in [0.2, 0.25) is 0 Å². The fourth-order valence-corrected chi connectivity index (χ4v) is 4.39. The van der Waals surface area contributed by atoms with Gasteiger partial charge in [-0.3, -0.25) is 9.59 Å². The molecule has 3 rings (SSSR count). The summed E-state index contributed by atoms with van der Waals surface area (Å²) in [6.07, 6.45) is 4.70. The van der Waals surface area contributed by atoms with E-state index < -0.39 is 6.04 Å². The maximum absolute atomic E-state index is 13.3. The van der Waals surface area contributed by atoms with Crippen molar-refractivity contribution in [1.82, 2.24) is 10.6 Å². The summed E-state index contributed by atoms with van der Waals surface area (Å²) in [5.41, 5.74) is 2.60. The molecular formula is C27H37N3O3. The highest BCUT2D eigenvalue weighted by atomic mass is 16.5. The summed E-state index contributed by atoms with van der Waals surface area (Å²) in [5, 5.41) is 9.80. The van der Waals surface area contributed by atoms with E-state index >= 15 is 0 Å². The van der Waals surface area contributed by atoms with Crippen molar-refractivity contribution in [3.63, 3.8) is 0 Å². The van der Waals surface area contributed by atoms with Crippen LogP contribution >= 0.6 is 0 Å². The monoisotopic (exact) mass is 451 g/mol. The average Bonchev–Trinajstić information content (AvgIpc) is 2.80. The van der Waals surface area contributed by atoms with Gasteiger partial charge < -0.3 is 20.7 Å². The number of anilines is 1. The Balaban J connectivity index is 1.67. The lowest BCUT2D eigenvalue weighted by molar-refractivity contribution is -0.124. The van der Waals surface area contributed by atoms with E-state index in [0.717, 1.165) is 42.7 Å². The van der Waals surface area contributed by atoms with Gasteiger partial charge in [0.1, 0.15) is 11.8 Å². The average molecular weight is 452 g/mol. The van der Waals surface area contributed by atoms with Crippen LogP contribution in [0.3, 0.4) is 0 Å². The Kier molecular flexibility index (Phi) is 8.75. The molecule has 1 fully saturated rings. The molecule has 0 aliphatic heterocycles. The van der Waals surface area contributed by atoms with Crippen LogP contribution in [-0.2, 0) is 4.79 Å². The minimum Gasteiger partial charge on any atom is -0.497 e. The number of nitrogens with one attached hydrogen (secondary N) is 3. The Bertz CT molecular complexity index is 926. The first-order valence-corrected chi connectivity index (χ1v) is 11.9. The third kappa shape index (κ3) is 7.24. The van der Waals surface area contributed by atoms with Crippen molar-refractivity contribution in [2.75, 3.05) is 12.4 Å². The van der Waals surface area contributed by atoms with Crippen LogP contribution in [0, 0.1) is 12.8 Å². The topological polar surface area (TPSA) is 79.5 Å². The van der Waals surface area contributed by atoms with Crippen LogP contribution in [0.25, 0.3) is 0 Å². The third-order valence-corrected chi connectivity index (χ3v) is 6.14. The zero-order valence-corrected chi connectivity index (χ0v) is 20.2. The van der Waals surface area contributed by atoms with Crippen LogP contribution in [0.4, 0.5) is 5.69 Å². The van der Waals surface area contributed by atoms with Gasteiger partial charge in [0.15, 0.2) is 0 Å². The number of amides is 2. The number of aryl methyl sites for hydroxylation is 1. The standard InChI is InChI=1S/C27H37N3O3/c1-18(2)16-25(30-26(31)20-9-7-8-19(3)17-20)27(32)29-24-11-6-5-10-23(24)28-21-12-14-22(33-4)15-13-21/h7-9,12-15,17-18,23-25,28H,5-6,10-11,16H2,1-4H3,(H,29,32)(H,30,31)/t23-,24+,25-/m0/s1. The first-order valence-electron chi connectivity index (χ1n) is 11.9. The number of methoxy groups -OCH3 is 1. The smallest absolute Gasteiger partial charge is 0.251 e. The Labute approximate surface area is 197 Å². The van der Waals surface area contributed by atoms with Crippen LogP contribution in [0.5, 0.6) is 5.75 Å². The molecule has 0 heterocycles. The molecule has 2 amide bonds. The molecule has 1 aliphatic rings. The van der Waals surface area contributed by atoms with Gasteiger partial charge in [-0.2, -0.15) is 0 Å². The Hall–Kier alpha value is -3.02. The molecule has 0 spiro atoms. The molecule has 1 aliphatic carbocycles. The Morgan fingerprint density at radius 3 is 2.36 bits per heavy atom. The summed E-state index contributed by atoms with van der Waals surface area (Å²) in [5.74, 6) is 0.766. The third-order valence-electron chi connectivity index (χ3n) is 6.14. The van der Waals surface area contributed by atoms with Crippen LogP contribution in [0.15, 0.2) is 48.5 Å². The molecule has 178 valence electrons. The molecule has 3 atom stereocenters. The van der Waals surface area contributed by atoms with E-state index in [-0.39, 0.29) is 29.8 Å². The highest BCUT2D eigenvalue weighted by molar-refractivity contribution is 5.97. The first-order chi connectivity index (χ1) is 15.9. The van der Waals surface area contributed by atoms with Gasteiger partial charge in [-0.1, -0.05) is 44.4 Å². The number of hydrogen-bond acceptors (Lipinski definition) is 4. The van der Waals surface area contributed by atoms with Gasteiger partial charge in [0.25, 0.3) is 5.91 Å². The predicted molar refractivity (Wildman–Crippen MR) is 133 cm³/mol. The maximum Gasteiger partial charge on any atom is 0.251 e. The second-order valence-corrected chi connectivity index (χ2v) is 9.40. The Morgan fingerprint density at radius 1 is 1.03 bits per heavy atom. The predicted octanol–water partition coefficient (Wildman–Crippen LogP) is 4.69. The zero-order chi connectivity index (χ0) is 23.8. The van der Waals surface area contributed by atoms with Crippen molar-refractivity contribution in [1.29, 1.82) is 0 Å². The van der Waals surface area contributed by atoms with Gasteiger partial charge in [0.05, 0.1) is 7.11 Å². The van der Waals surface area contributed by atoms with Gasteiger partial charge in [-0.05, 0) is 68.5 Å². The molecule has 6 nitrogen and oxygen atoms in total. The van der Waals surface area contributed by atoms with E-state index in [9.17, 15) is 9.59 Å². The summed E-state index contributed by atoms with van der Waals surface area (Å²) in [4.78, 5) is 26.1. The number of benzene rings is 2. The number of carbonyl (C=O) groups excluding carboxylic acids is 2. The van der Waals surface area contributed by atoms with E-state index in [4.69, 9.17) is 4.74 Å². The lowest BCUT2D eigenvalue weighted by Crippen LogP contribution is -2.55. The number of ether oxygens (including phenoxy) is 1. The highest BCUT2D eigenvalue weighted by Gasteiger charge is 2.30. The van der Waals surface area contributed by atoms with E-state index in [0.29, 0.717) is 12.0 Å². The molecule has 33 heavy (non-hydrogen) atoms. The Morgan fingerprint density at radius 2 is 1.73 bits per heavy atom. The molecule has 6 heteroatoms. The van der Waals surface area contributed by atoms with Gasteiger partial charge in [0.2, 0.25) is 5.91 Å². The van der Waals surface area contributed by atoms with Crippen LogP contribution in [-0.4, -0.2) is 37.0 Å². The van der Waals surface area contributed by atoms with Crippen LogP contribution < -0.4 is 20.7 Å². The van der Waals surface area contributed by atoms with E-state index in [1.165, 1.54) is 0 Å². The molecule has 1 saturated carbocycles. The molecule has 0 aromatic heterocycles. The number of rotatable bonds is 9. The second kappa shape index (κ2) is 11.7. The van der Waals surface area contributed by atoms with Crippen molar-refractivity contribution in [2.24, 2.45) is 5.92 Å². The minimum atomic E-state index is -0.568. The van der Waals surface area contributed by atoms with E-state index in [1.54, 1.807) is 13.2 Å². The number of hydrogen-bond donors (Lipinski definition) is 3. The summed E-state index contributed by atoms with van der Waals surface area (Å²) in [6.45, 7) is 6.08. The SMILES string of the molecule is COc1ccc(N[C@H]2CCCC[C@H]2NC(=O)[C@H](CC(C)C)NC(=O)c2cccc(C)c2)cc1. The summed E-state index contributed by atoms with van der Waals surface area (Å²) in [7, 11) is 1.65. The van der Waals surface area contributed by atoms with Crippen molar-refractivity contribution < 1.29 is 14.3 Å². The summed E-state index contributed by atoms with van der Waals surface area (Å²) in [6, 6.07) is 14.9. The van der Waals surface area contributed by atoms with Crippen LogP contribution in [0.1, 0.15) is 61.9 Å². The van der Waals surface area contributed by atoms with Gasteiger partial charge in [0, 0.05) is 23.3 Å². The quantitative estimate of drug-likeness (QED) is 0.517. The fraction of sp³-hybridized carbons (Fsp3) is 0.481. The molecule has 0 bridgehead atoms. The lowest BCUT2D eigenvalue weighted by Gasteiger charge is -2.34. The minimum absolute atomic E-state index is 0.0129. The maximum atomic E-state index is 13.3.